The highest BCUT2D eigenvalue weighted by Gasteiger charge is 2.50. The van der Waals surface area contributed by atoms with Crippen LogP contribution in [0.4, 0.5) is 0 Å². The van der Waals surface area contributed by atoms with Gasteiger partial charge in [-0.05, 0) is 66.7 Å². The highest BCUT2D eigenvalue weighted by Crippen LogP contribution is 2.63. The second-order valence-corrected chi connectivity index (χ2v) is 10.1. The van der Waals surface area contributed by atoms with Crippen molar-refractivity contribution in [3.8, 4) is 5.75 Å². The van der Waals surface area contributed by atoms with Crippen LogP contribution in [0.1, 0.15) is 49.7 Å². The number of phenolic OH excluding ortho intramolecular Hbond substituents is 1. The number of hydrogen-bond acceptors (Lipinski definition) is 3. The first-order valence-electron chi connectivity index (χ1n) is 7.70. The predicted octanol–water partition coefficient (Wildman–Crippen LogP) is 4.79. The van der Waals surface area contributed by atoms with Crippen molar-refractivity contribution in [3.63, 3.8) is 0 Å². The Morgan fingerprint density at radius 1 is 1.15 bits per heavy atom. The summed E-state index contributed by atoms with van der Waals surface area (Å²) in [6, 6.07) is 6.10. The van der Waals surface area contributed by atoms with Crippen LogP contribution in [0.25, 0.3) is 0 Å². The third-order valence-electron chi connectivity index (χ3n) is 5.71. The topological polar surface area (TPSA) is 20.2 Å². The fourth-order valence-corrected chi connectivity index (χ4v) is 7.73. The van der Waals surface area contributed by atoms with E-state index < -0.39 is 0 Å². The number of fused-ring (bicyclic) bond motifs is 3. The molecule has 2 aliphatic carbocycles. The average molecular weight is 306 g/mol. The minimum Gasteiger partial charge on any atom is -0.508 e. The fourth-order valence-electron chi connectivity index (χ4n) is 4.42. The lowest BCUT2D eigenvalue weighted by Gasteiger charge is -2.51. The molecule has 20 heavy (non-hydrogen) atoms. The fraction of sp³-hybridized carbons (Fsp3) is 0.647. The van der Waals surface area contributed by atoms with Crippen molar-refractivity contribution in [1.29, 1.82) is 0 Å². The number of aromatic hydroxyl groups is 1. The van der Waals surface area contributed by atoms with Crippen LogP contribution in [0.5, 0.6) is 5.75 Å². The van der Waals surface area contributed by atoms with Gasteiger partial charge in [0.1, 0.15) is 5.75 Å². The Hall–Kier alpha value is -0.280. The van der Waals surface area contributed by atoms with Crippen LogP contribution >= 0.6 is 23.5 Å². The van der Waals surface area contributed by atoms with Crippen molar-refractivity contribution in [1.82, 2.24) is 0 Å². The molecular formula is C17H22OS2. The molecule has 0 amide bonds. The molecule has 3 aliphatic rings. The summed E-state index contributed by atoms with van der Waals surface area (Å²) in [4.78, 5) is 0. The number of hydrogen-bond donors (Lipinski definition) is 1. The van der Waals surface area contributed by atoms with Gasteiger partial charge in [-0.15, -0.1) is 23.5 Å². The molecule has 1 aromatic rings. The summed E-state index contributed by atoms with van der Waals surface area (Å²) in [6.45, 7) is 2.50. The quantitative estimate of drug-likeness (QED) is 0.744. The van der Waals surface area contributed by atoms with Crippen LogP contribution < -0.4 is 0 Å². The number of aryl methyl sites for hydroxylation is 1. The molecule has 1 saturated carbocycles. The van der Waals surface area contributed by atoms with Gasteiger partial charge < -0.3 is 5.11 Å². The van der Waals surface area contributed by atoms with Crippen molar-refractivity contribution in [2.75, 3.05) is 11.5 Å². The van der Waals surface area contributed by atoms with Gasteiger partial charge in [0.15, 0.2) is 0 Å². The zero-order valence-corrected chi connectivity index (χ0v) is 13.7. The predicted molar refractivity (Wildman–Crippen MR) is 88.8 cm³/mol. The lowest BCUT2D eigenvalue weighted by molar-refractivity contribution is 0.145. The maximum absolute atomic E-state index is 9.75. The van der Waals surface area contributed by atoms with E-state index in [0.717, 1.165) is 6.42 Å². The van der Waals surface area contributed by atoms with E-state index in [1.54, 1.807) is 0 Å². The van der Waals surface area contributed by atoms with E-state index in [0.29, 0.717) is 21.2 Å². The van der Waals surface area contributed by atoms with Crippen LogP contribution in [0, 0.1) is 5.41 Å². The molecule has 1 aliphatic heterocycles. The summed E-state index contributed by atoms with van der Waals surface area (Å²) in [7, 11) is 0. The smallest absolute Gasteiger partial charge is 0.115 e. The first-order chi connectivity index (χ1) is 9.60. The molecule has 1 saturated heterocycles. The molecule has 1 N–H and O–H groups in total. The molecule has 108 valence electrons. The van der Waals surface area contributed by atoms with Crippen LogP contribution in [-0.4, -0.2) is 20.7 Å². The first-order valence-corrected chi connectivity index (χ1v) is 9.67. The lowest BCUT2D eigenvalue weighted by Crippen LogP contribution is -2.41. The molecule has 1 spiro atoms. The van der Waals surface area contributed by atoms with E-state index in [1.807, 2.05) is 12.1 Å². The second-order valence-electron chi connectivity index (χ2n) is 6.90. The molecule has 1 nitrogen and oxygen atoms in total. The van der Waals surface area contributed by atoms with Crippen LogP contribution in [0.15, 0.2) is 18.2 Å². The van der Waals surface area contributed by atoms with Crippen molar-refractivity contribution in [2.24, 2.45) is 5.41 Å². The molecule has 3 heteroatoms. The highest BCUT2D eigenvalue weighted by molar-refractivity contribution is 8.21. The average Bonchev–Trinajstić information content (AvgIpc) is 2.89. The molecule has 2 atom stereocenters. The van der Waals surface area contributed by atoms with E-state index in [9.17, 15) is 5.11 Å². The second kappa shape index (κ2) is 4.61. The SMILES string of the molecule is CC12CCc3cc(O)ccc3C1CC1(CC2)SCCS1. The Labute approximate surface area is 129 Å². The summed E-state index contributed by atoms with van der Waals surface area (Å²) in [5.74, 6) is 3.79. The monoisotopic (exact) mass is 306 g/mol. The minimum absolute atomic E-state index is 0.433. The standard InChI is InChI=1S/C17H22OS2/c1-16-5-4-12-10-13(18)2-3-14(12)15(16)11-17(7-6-16)19-8-9-20-17/h2-3,10,15,18H,4-9,11H2,1H3. The van der Waals surface area contributed by atoms with Crippen molar-refractivity contribution < 1.29 is 5.11 Å². The molecule has 4 rings (SSSR count). The van der Waals surface area contributed by atoms with E-state index in [4.69, 9.17) is 0 Å². The molecule has 1 heterocycles. The maximum Gasteiger partial charge on any atom is 0.115 e. The number of rotatable bonds is 0. The van der Waals surface area contributed by atoms with Crippen LogP contribution in [0.3, 0.4) is 0 Å². The van der Waals surface area contributed by atoms with Gasteiger partial charge in [-0.25, -0.2) is 0 Å². The van der Waals surface area contributed by atoms with Crippen LogP contribution in [-0.2, 0) is 6.42 Å². The summed E-state index contributed by atoms with van der Waals surface area (Å²) < 4.78 is 0.497. The van der Waals surface area contributed by atoms with Gasteiger partial charge in [0.2, 0.25) is 0 Å². The van der Waals surface area contributed by atoms with Crippen LogP contribution in [0.2, 0.25) is 0 Å². The highest BCUT2D eigenvalue weighted by atomic mass is 32.2. The molecule has 2 fully saturated rings. The number of thioether (sulfide) groups is 2. The summed E-state index contributed by atoms with van der Waals surface area (Å²) in [5, 5.41) is 9.75. The zero-order valence-electron chi connectivity index (χ0n) is 12.0. The van der Waals surface area contributed by atoms with Gasteiger partial charge in [-0.1, -0.05) is 13.0 Å². The summed E-state index contributed by atoms with van der Waals surface area (Å²) in [6.07, 6.45) is 6.53. The Morgan fingerprint density at radius 3 is 2.75 bits per heavy atom. The van der Waals surface area contributed by atoms with Crippen molar-refractivity contribution in [3.05, 3.63) is 29.3 Å². The molecule has 0 bridgehead atoms. The number of benzene rings is 1. The summed E-state index contributed by atoms with van der Waals surface area (Å²) in [5.41, 5.74) is 3.42. The lowest BCUT2D eigenvalue weighted by atomic mass is 9.58. The van der Waals surface area contributed by atoms with Crippen molar-refractivity contribution in [2.45, 2.75) is 49.0 Å². The van der Waals surface area contributed by atoms with Gasteiger partial charge in [-0.2, -0.15) is 0 Å². The van der Waals surface area contributed by atoms with E-state index >= 15 is 0 Å². The van der Waals surface area contributed by atoms with Gasteiger partial charge in [0.05, 0.1) is 4.08 Å². The maximum atomic E-state index is 9.75. The van der Waals surface area contributed by atoms with E-state index in [2.05, 4.69) is 36.5 Å². The molecule has 0 aromatic heterocycles. The third kappa shape index (κ3) is 2.00. The Morgan fingerprint density at radius 2 is 1.95 bits per heavy atom. The minimum atomic E-state index is 0.433. The van der Waals surface area contributed by atoms with Gasteiger partial charge >= 0.3 is 0 Å². The normalized spacial score (nSPS) is 34.8. The zero-order chi connectivity index (χ0) is 13.8. The summed E-state index contributed by atoms with van der Waals surface area (Å²) >= 11 is 4.42. The Balaban J connectivity index is 1.73. The van der Waals surface area contributed by atoms with Gasteiger partial charge in [0, 0.05) is 11.5 Å². The van der Waals surface area contributed by atoms with E-state index in [1.165, 1.54) is 48.3 Å². The number of phenols is 1. The van der Waals surface area contributed by atoms with E-state index in [-0.39, 0.29) is 0 Å². The largest absolute Gasteiger partial charge is 0.508 e. The Bertz CT molecular complexity index is 536. The van der Waals surface area contributed by atoms with Crippen molar-refractivity contribution >= 4 is 23.5 Å². The molecule has 1 aromatic carbocycles. The first kappa shape index (κ1) is 13.4. The van der Waals surface area contributed by atoms with Gasteiger partial charge in [0.25, 0.3) is 0 Å². The molecular weight excluding hydrogens is 284 g/mol. The molecule has 0 radical (unpaired) electrons. The Kier molecular flexibility index (Phi) is 3.08. The third-order valence-corrected chi connectivity index (χ3v) is 9.29. The van der Waals surface area contributed by atoms with Gasteiger partial charge in [-0.3, -0.25) is 0 Å². The molecule has 2 unspecified atom stereocenters.